The third-order valence-electron chi connectivity index (χ3n) is 3.18. The molecule has 1 heterocycles. The summed E-state index contributed by atoms with van der Waals surface area (Å²) in [6.45, 7) is 1.65. The van der Waals surface area contributed by atoms with Crippen LogP contribution in [-0.2, 0) is 4.74 Å². The Hall–Kier alpha value is -0.450. The number of nitrogens with one attached hydrogen (secondary N) is 1. The second kappa shape index (κ2) is 5.94. The van der Waals surface area contributed by atoms with Gasteiger partial charge in [0.1, 0.15) is 5.82 Å². The van der Waals surface area contributed by atoms with Crippen LogP contribution in [0.2, 0.25) is 0 Å². The Morgan fingerprint density at radius 3 is 3.12 bits per heavy atom. The molecule has 0 amide bonds. The molecule has 1 aromatic rings. The number of halogens is 2. The predicted molar refractivity (Wildman–Crippen MR) is 69.4 cm³/mol. The molecule has 0 radical (unpaired) electrons. The summed E-state index contributed by atoms with van der Waals surface area (Å²) >= 11 is 3.48. The standard InChI is InChI=1S/C13H17BrFNO/c1-16-8-9-3-2-6-17-13(9)11-7-10(15)4-5-12(11)14/h4-5,7,9,13,16H,2-3,6,8H2,1H3. The van der Waals surface area contributed by atoms with Crippen molar-refractivity contribution in [1.82, 2.24) is 5.32 Å². The summed E-state index contributed by atoms with van der Waals surface area (Å²) in [5, 5.41) is 3.18. The first-order valence-electron chi connectivity index (χ1n) is 5.93. The Bertz CT molecular complexity index is 384. The van der Waals surface area contributed by atoms with Crippen LogP contribution in [0.3, 0.4) is 0 Å². The van der Waals surface area contributed by atoms with E-state index in [2.05, 4.69) is 21.2 Å². The summed E-state index contributed by atoms with van der Waals surface area (Å²) in [7, 11) is 1.94. The van der Waals surface area contributed by atoms with Gasteiger partial charge in [0.05, 0.1) is 6.10 Å². The number of hydrogen-bond donors (Lipinski definition) is 1. The van der Waals surface area contributed by atoms with Crippen LogP contribution in [-0.4, -0.2) is 20.2 Å². The molecule has 1 aliphatic heterocycles. The fraction of sp³-hybridized carbons (Fsp3) is 0.538. The third kappa shape index (κ3) is 3.06. The topological polar surface area (TPSA) is 21.3 Å². The van der Waals surface area contributed by atoms with Crippen molar-refractivity contribution in [2.45, 2.75) is 18.9 Å². The maximum absolute atomic E-state index is 13.3. The molecular formula is C13H17BrFNO. The lowest BCUT2D eigenvalue weighted by atomic mass is 9.89. The van der Waals surface area contributed by atoms with E-state index in [0.29, 0.717) is 5.92 Å². The summed E-state index contributed by atoms with van der Waals surface area (Å²) in [6, 6.07) is 4.78. The van der Waals surface area contributed by atoms with Crippen LogP contribution in [0.4, 0.5) is 4.39 Å². The Labute approximate surface area is 110 Å². The maximum atomic E-state index is 13.3. The summed E-state index contributed by atoms with van der Waals surface area (Å²) in [6.07, 6.45) is 2.19. The van der Waals surface area contributed by atoms with Gasteiger partial charge in [-0.2, -0.15) is 0 Å². The van der Waals surface area contributed by atoms with E-state index in [1.54, 1.807) is 12.1 Å². The second-order valence-electron chi connectivity index (χ2n) is 4.42. The van der Waals surface area contributed by atoms with E-state index in [-0.39, 0.29) is 11.9 Å². The number of hydrogen-bond acceptors (Lipinski definition) is 2. The zero-order valence-corrected chi connectivity index (χ0v) is 11.5. The van der Waals surface area contributed by atoms with Crippen molar-refractivity contribution in [2.75, 3.05) is 20.2 Å². The minimum Gasteiger partial charge on any atom is -0.373 e. The largest absolute Gasteiger partial charge is 0.373 e. The fourth-order valence-corrected chi connectivity index (χ4v) is 2.86. The van der Waals surface area contributed by atoms with E-state index in [0.717, 1.165) is 36.0 Å². The van der Waals surface area contributed by atoms with Crippen LogP contribution >= 0.6 is 15.9 Å². The van der Waals surface area contributed by atoms with Crippen molar-refractivity contribution < 1.29 is 9.13 Å². The number of rotatable bonds is 3. The highest BCUT2D eigenvalue weighted by molar-refractivity contribution is 9.10. The number of benzene rings is 1. The van der Waals surface area contributed by atoms with Gasteiger partial charge in [0, 0.05) is 23.5 Å². The SMILES string of the molecule is CNCC1CCCOC1c1cc(F)ccc1Br. The van der Waals surface area contributed by atoms with Gasteiger partial charge in [-0.3, -0.25) is 0 Å². The van der Waals surface area contributed by atoms with Crippen LogP contribution in [0.25, 0.3) is 0 Å². The summed E-state index contributed by atoms with van der Waals surface area (Å²) in [5.74, 6) is 0.201. The molecule has 17 heavy (non-hydrogen) atoms. The van der Waals surface area contributed by atoms with Gasteiger partial charge in [0.15, 0.2) is 0 Å². The predicted octanol–water partition coefficient (Wildman–Crippen LogP) is 3.28. The van der Waals surface area contributed by atoms with Gasteiger partial charge in [0.25, 0.3) is 0 Å². The van der Waals surface area contributed by atoms with Gasteiger partial charge in [-0.1, -0.05) is 15.9 Å². The highest BCUT2D eigenvalue weighted by Gasteiger charge is 2.28. The zero-order valence-electron chi connectivity index (χ0n) is 9.88. The van der Waals surface area contributed by atoms with E-state index < -0.39 is 0 Å². The van der Waals surface area contributed by atoms with Gasteiger partial charge < -0.3 is 10.1 Å². The van der Waals surface area contributed by atoms with Crippen molar-refractivity contribution in [1.29, 1.82) is 0 Å². The molecule has 2 rings (SSSR count). The molecule has 0 spiro atoms. The van der Waals surface area contributed by atoms with Gasteiger partial charge in [0.2, 0.25) is 0 Å². The first-order chi connectivity index (χ1) is 8.22. The molecular weight excluding hydrogens is 285 g/mol. The first-order valence-corrected chi connectivity index (χ1v) is 6.73. The molecule has 1 N–H and O–H groups in total. The summed E-state index contributed by atoms with van der Waals surface area (Å²) in [4.78, 5) is 0. The lowest BCUT2D eigenvalue weighted by Crippen LogP contribution is -2.30. The van der Waals surface area contributed by atoms with E-state index in [1.165, 1.54) is 6.07 Å². The molecule has 1 aromatic carbocycles. The van der Waals surface area contributed by atoms with Crippen LogP contribution in [0.1, 0.15) is 24.5 Å². The minimum absolute atomic E-state index is 0.0127. The molecule has 0 saturated carbocycles. The van der Waals surface area contributed by atoms with Crippen molar-refractivity contribution in [3.8, 4) is 0 Å². The molecule has 0 aliphatic carbocycles. The molecule has 94 valence electrons. The number of ether oxygens (including phenoxy) is 1. The van der Waals surface area contributed by atoms with E-state index >= 15 is 0 Å². The molecule has 4 heteroatoms. The molecule has 0 bridgehead atoms. The van der Waals surface area contributed by atoms with Gasteiger partial charge >= 0.3 is 0 Å². The normalized spacial score (nSPS) is 24.9. The van der Waals surface area contributed by atoms with E-state index in [9.17, 15) is 4.39 Å². The van der Waals surface area contributed by atoms with Gasteiger partial charge in [-0.05, 0) is 43.7 Å². The van der Waals surface area contributed by atoms with Gasteiger partial charge in [-0.15, -0.1) is 0 Å². The minimum atomic E-state index is -0.208. The zero-order chi connectivity index (χ0) is 12.3. The lowest BCUT2D eigenvalue weighted by molar-refractivity contribution is -0.0278. The maximum Gasteiger partial charge on any atom is 0.123 e. The quantitative estimate of drug-likeness (QED) is 0.925. The average Bonchev–Trinajstić information content (AvgIpc) is 2.34. The highest BCUT2D eigenvalue weighted by atomic mass is 79.9. The smallest absolute Gasteiger partial charge is 0.123 e. The molecule has 2 atom stereocenters. The molecule has 1 aliphatic rings. The van der Waals surface area contributed by atoms with Crippen LogP contribution in [0.15, 0.2) is 22.7 Å². The molecule has 2 nitrogen and oxygen atoms in total. The van der Waals surface area contributed by atoms with Crippen LogP contribution in [0, 0.1) is 11.7 Å². The third-order valence-corrected chi connectivity index (χ3v) is 3.90. The molecule has 0 aromatic heterocycles. The Morgan fingerprint density at radius 1 is 1.53 bits per heavy atom. The van der Waals surface area contributed by atoms with E-state index in [1.807, 2.05) is 7.05 Å². The average molecular weight is 302 g/mol. The Morgan fingerprint density at radius 2 is 2.35 bits per heavy atom. The molecule has 1 saturated heterocycles. The summed E-state index contributed by atoms with van der Waals surface area (Å²) < 4.78 is 20.1. The van der Waals surface area contributed by atoms with Crippen molar-refractivity contribution in [2.24, 2.45) is 5.92 Å². The Kier molecular flexibility index (Phi) is 4.54. The van der Waals surface area contributed by atoms with Crippen molar-refractivity contribution in [3.05, 3.63) is 34.1 Å². The Balaban J connectivity index is 2.25. The molecule has 1 fully saturated rings. The highest BCUT2D eigenvalue weighted by Crippen LogP contribution is 2.37. The van der Waals surface area contributed by atoms with Gasteiger partial charge in [-0.25, -0.2) is 4.39 Å². The van der Waals surface area contributed by atoms with Crippen LogP contribution in [0.5, 0.6) is 0 Å². The van der Waals surface area contributed by atoms with E-state index in [4.69, 9.17) is 4.74 Å². The van der Waals surface area contributed by atoms with Crippen molar-refractivity contribution >= 4 is 15.9 Å². The second-order valence-corrected chi connectivity index (χ2v) is 5.27. The summed E-state index contributed by atoms with van der Waals surface area (Å²) in [5.41, 5.74) is 0.921. The monoisotopic (exact) mass is 301 g/mol. The van der Waals surface area contributed by atoms with Crippen molar-refractivity contribution in [3.63, 3.8) is 0 Å². The van der Waals surface area contributed by atoms with Crippen LogP contribution < -0.4 is 5.32 Å². The first kappa shape index (κ1) is 13.0. The lowest BCUT2D eigenvalue weighted by Gasteiger charge is -2.32. The molecule has 2 unspecified atom stereocenters. The fourth-order valence-electron chi connectivity index (χ4n) is 2.39.